The molecule has 0 fully saturated rings. The molecule has 1 heterocycles. The first-order valence-electron chi connectivity index (χ1n) is 4.29. The summed E-state index contributed by atoms with van der Waals surface area (Å²) in [6.45, 7) is 0. The maximum atomic E-state index is 12.7. The maximum absolute atomic E-state index is 12.7. The molecule has 76 valence electrons. The van der Waals surface area contributed by atoms with Crippen LogP contribution < -0.4 is 4.74 Å². The molecule has 0 aliphatic rings. The van der Waals surface area contributed by atoms with Gasteiger partial charge in [0, 0.05) is 15.8 Å². The summed E-state index contributed by atoms with van der Waals surface area (Å²) in [5.41, 5.74) is 0. The number of ether oxygens (including phenoxy) is 1. The van der Waals surface area contributed by atoms with Crippen LogP contribution in [0.5, 0.6) is 11.5 Å². The third kappa shape index (κ3) is 2.89. The van der Waals surface area contributed by atoms with Gasteiger partial charge in [0.25, 0.3) is 0 Å². The number of pyridine rings is 1. The molecule has 0 spiro atoms. The first-order valence-corrected chi connectivity index (χ1v) is 5.37. The van der Waals surface area contributed by atoms with Crippen LogP contribution in [0.1, 0.15) is 0 Å². The molecule has 0 aliphatic carbocycles. The van der Waals surface area contributed by atoms with Crippen molar-refractivity contribution in [3.8, 4) is 11.5 Å². The van der Waals surface area contributed by atoms with Gasteiger partial charge in [-0.2, -0.15) is 4.39 Å². The van der Waals surface area contributed by atoms with Crippen LogP contribution in [0.15, 0.2) is 42.6 Å². The zero-order valence-corrected chi connectivity index (χ0v) is 9.81. The molecule has 0 bridgehead atoms. The van der Waals surface area contributed by atoms with Crippen LogP contribution >= 0.6 is 22.6 Å². The van der Waals surface area contributed by atoms with Gasteiger partial charge in [-0.3, -0.25) is 0 Å². The zero-order valence-electron chi connectivity index (χ0n) is 7.65. The lowest BCUT2D eigenvalue weighted by atomic mass is 10.3. The Bertz CT molecular complexity index is 458. The molecule has 0 aliphatic heterocycles. The zero-order chi connectivity index (χ0) is 10.7. The topological polar surface area (TPSA) is 22.1 Å². The van der Waals surface area contributed by atoms with Crippen molar-refractivity contribution in [2.45, 2.75) is 0 Å². The lowest BCUT2D eigenvalue weighted by Gasteiger charge is -2.04. The third-order valence-electron chi connectivity index (χ3n) is 1.75. The van der Waals surface area contributed by atoms with Gasteiger partial charge in [0.15, 0.2) is 0 Å². The van der Waals surface area contributed by atoms with Gasteiger partial charge >= 0.3 is 0 Å². The highest BCUT2D eigenvalue weighted by atomic mass is 127. The van der Waals surface area contributed by atoms with Crippen molar-refractivity contribution in [3.63, 3.8) is 0 Å². The Morgan fingerprint density at radius 1 is 1.07 bits per heavy atom. The lowest BCUT2D eigenvalue weighted by molar-refractivity contribution is 0.472. The van der Waals surface area contributed by atoms with Gasteiger partial charge in [-0.25, -0.2) is 4.98 Å². The average molecular weight is 315 g/mol. The SMILES string of the molecule is Fc1cc(Oc2ccc(I)cc2)ccn1. The molecule has 2 nitrogen and oxygen atoms in total. The fraction of sp³-hybridized carbons (Fsp3) is 0. The van der Waals surface area contributed by atoms with Crippen molar-refractivity contribution in [1.82, 2.24) is 4.98 Å². The number of hydrogen-bond donors (Lipinski definition) is 0. The van der Waals surface area contributed by atoms with E-state index in [1.165, 1.54) is 12.3 Å². The van der Waals surface area contributed by atoms with Crippen LogP contribution in [-0.4, -0.2) is 4.98 Å². The van der Waals surface area contributed by atoms with E-state index in [1.54, 1.807) is 6.07 Å². The number of halogens is 2. The highest BCUT2D eigenvalue weighted by Gasteiger charge is 1.98. The fourth-order valence-electron chi connectivity index (χ4n) is 1.09. The van der Waals surface area contributed by atoms with E-state index in [1.807, 2.05) is 24.3 Å². The summed E-state index contributed by atoms with van der Waals surface area (Å²) in [5.74, 6) is 0.586. The van der Waals surface area contributed by atoms with Crippen molar-refractivity contribution < 1.29 is 9.13 Å². The van der Waals surface area contributed by atoms with E-state index in [-0.39, 0.29) is 0 Å². The van der Waals surface area contributed by atoms with E-state index < -0.39 is 5.95 Å². The van der Waals surface area contributed by atoms with Gasteiger partial charge in [0.2, 0.25) is 5.95 Å². The van der Waals surface area contributed by atoms with Crippen LogP contribution in [-0.2, 0) is 0 Å². The van der Waals surface area contributed by atoms with E-state index >= 15 is 0 Å². The van der Waals surface area contributed by atoms with Crippen molar-refractivity contribution in [1.29, 1.82) is 0 Å². The molecule has 0 atom stereocenters. The number of aromatic nitrogens is 1. The molecule has 0 N–H and O–H groups in total. The molecular weight excluding hydrogens is 308 g/mol. The first-order chi connectivity index (χ1) is 7.24. The number of hydrogen-bond acceptors (Lipinski definition) is 2. The second-order valence-corrected chi connectivity index (χ2v) is 4.12. The van der Waals surface area contributed by atoms with E-state index in [2.05, 4.69) is 27.6 Å². The highest BCUT2D eigenvalue weighted by Crippen LogP contribution is 2.21. The summed E-state index contributed by atoms with van der Waals surface area (Å²) >= 11 is 2.21. The Morgan fingerprint density at radius 3 is 2.47 bits per heavy atom. The van der Waals surface area contributed by atoms with E-state index in [0.29, 0.717) is 11.5 Å². The molecular formula is C11H7FINO. The van der Waals surface area contributed by atoms with Gasteiger partial charge in [-0.05, 0) is 52.9 Å². The summed E-state index contributed by atoms with van der Waals surface area (Å²) in [5, 5.41) is 0. The average Bonchev–Trinajstić information content (AvgIpc) is 2.22. The van der Waals surface area contributed by atoms with Gasteiger partial charge in [0.1, 0.15) is 11.5 Å². The second kappa shape index (κ2) is 4.57. The van der Waals surface area contributed by atoms with Gasteiger partial charge in [0.05, 0.1) is 0 Å². The Hall–Kier alpha value is -1.17. The molecule has 15 heavy (non-hydrogen) atoms. The molecule has 1 aromatic heterocycles. The predicted molar refractivity (Wildman–Crippen MR) is 63.4 cm³/mol. The normalized spacial score (nSPS) is 10.0. The van der Waals surface area contributed by atoms with Crippen LogP contribution in [0.3, 0.4) is 0 Å². The molecule has 0 saturated heterocycles. The fourth-order valence-corrected chi connectivity index (χ4v) is 1.45. The summed E-state index contributed by atoms with van der Waals surface area (Å²) in [6, 6.07) is 10.4. The van der Waals surface area contributed by atoms with Gasteiger partial charge in [-0.1, -0.05) is 0 Å². The third-order valence-corrected chi connectivity index (χ3v) is 2.47. The van der Waals surface area contributed by atoms with Crippen LogP contribution in [0.25, 0.3) is 0 Å². The van der Waals surface area contributed by atoms with Gasteiger partial charge in [-0.15, -0.1) is 0 Å². The highest BCUT2D eigenvalue weighted by molar-refractivity contribution is 14.1. The number of benzene rings is 1. The standard InChI is InChI=1S/C11H7FINO/c12-11-7-10(5-6-14-11)15-9-3-1-8(13)2-4-9/h1-7H. The monoisotopic (exact) mass is 315 g/mol. The lowest BCUT2D eigenvalue weighted by Crippen LogP contribution is -1.87. The minimum atomic E-state index is -0.544. The minimum Gasteiger partial charge on any atom is -0.457 e. The quantitative estimate of drug-likeness (QED) is 0.624. The Morgan fingerprint density at radius 2 is 1.80 bits per heavy atom. The van der Waals surface area contributed by atoms with E-state index in [0.717, 1.165) is 3.57 Å². The summed E-state index contributed by atoms with van der Waals surface area (Å²) in [6.07, 6.45) is 1.37. The largest absolute Gasteiger partial charge is 0.457 e. The summed E-state index contributed by atoms with van der Waals surface area (Å²) < 4.78 is 19.3. The molecule has 2 rings (SSSR count). The molecule has 0 unspecified atom stereocenters. The van der Waals surface area contributed by atoms with Crippen molar-refractivity contribution in [2.75, 3.05) is 0 Å². The van der Waals surface area contributed by atoms with Crippen LogP contribution in [0, 0.1) is 9.52 Å². The summed E-state index contributed by atoms with van der Waals surface area (Å²) in [4.78, 5) is 3.45. The van der Waals surface area contributed by atoms with Crippen molar-refractivity contribution in [3.05, 3.63) is 52.1 Å². The molecule has 2 aromatic rings. The van der Waals surface area contributed by atoms with Crippen LogP contribution in [0.4, 0.5) is 4.39 Å². The second-order valence-electron chi connectivity index (χ2n) is 2.87. The molecule has 0 saturated carbocycles. The smallest absolute Gasteiger partial charge is 0.216 e. The predicted octanol–water partition coefficient (Wildman–Crippen LogP) is 3.62. The maximum Gasteiger partial charge on any atom is 0.216 e. The van der Waals surface area contributed by atoms with E-state index in [9.17, 15) is 4.39 Å². The van der Waals surface area contributed by atoms with Crippen molar-refractivity contribution in [2.24, 2.45) is 0 Å². The summed E-state index contributed by atoms with van der Waals surface area (Å²) in [7, 11) is 0. The number of rotatable bonds is 2. The Balaban J connectivity index is 2.18. The molecule has 0 amide bonds. The Labute approximate surface area is 100 Å². The molecule has 0 radical (unpaired) electrons. The van der Waals surface area contributed by atoms with Gasteiger partial charge < -0.3 is 4.74 Å². The number of nitrogens with zero attached hydrogens (tertiary/aromatic N) is 1. The molecule has 4 heteroatoms. The minimum absolute atomic E-state index is 0.448. The van der Waals surface area contributed by atoms with E-state index in [4.69, 9.17) is 4.74 Å². The van der Waals surface area contributed by atoms with Crippen molar-refractivity contribution >= 4 is 22.6 Å². The van der Waals surface area contributed by atoms with Crippen LogP contribution in [0.2, 0.25) is 0 Å². The Kier molecular flexibility index (Phi) is 3.15. The molecule has 1 aromatic carbocycles. The first kappa shape index (κ1) is 10.4.